The molecule has 1 aliphatic rings. The smallest absolute Gasteiger partial charge is 0.317 e. The minimum atomic E-state index is -0.399. The molecule has 1 aliphatic heterocycles. The molecule has 0 radical (unpaired) electrons. The van der Waals surface area contributed by atoms with Gasteiger partial charge in [0.15, 0.2) is 5.82 Å². The molecule has 118 valence electrons. The predicted molar refractivity (Wildman–Crippen MR) is 73.4 cm³/mol. The molecule has 1 unspecified atom stereocenters. The molecule has 2 rings (SSSR count). The maximum Gasteiger partial charge on any atom is 0.317 e. The van der Waals surface area contributed by atoms with Crippen molar-refractivity contribution < 1.29 is 14.3 Å². The van der Waals surface area contributed by atoms with E-state index < -0.39 is 5.60 Å². The van der Waals surface area contributed by atoms with Crippen LogP contribution in [0.3, 0.4) is 0 Å². The van der Waals surface area contributed by atoms with E-state index in [9.17, 15) is 4.79 Å². The van der Waals surface area contributed by atoms with Gasteiger partial charge in [-0.15, -0.1) is 10.2 Å². The zero-order valence-electron chi connectivity index (χ0n) is 12.9. The summed E-state index contributed by atoms with van der Waals surface area (Å²) in [5.74, 6) is 0.479. The number of tetrazole rings is 1. The highest BCUT2D eigenvalue weighted by Gasteiger charge is 2.35. The minimum Gasteiger partial charge on any atom is -0.382 e. The van der Waals surface area contributed by atoms with Crippen molar-refractivity contribution in [1.29, 1.82) is 0 Å². The number of amides is 2. The monoisotopic (exact) mass is 298 g/mol. The maximum atomic E-state index is 12.3. The van der Waals surface area contributed by atoms with Crippen molar-refractivity contribution in [1.82, 2.24) is 30.4 Å². The number of urea groups is 1. The number of morpholine rings is 1. The number of nitrogens with zero attached hydrogens (tertiary/aromatic N) is 5. The van der Waals surface area contributed by atoms with Crippen LogP contribution in [-0.2, 0) is 23.1 Å². The largest absolute Gasteiger partial charge is 0.382 e. The van der Waals surface area contributed by atoms with Crippen LogP contribution in [0.1, 0.15) is 19.7 Å². The predicted octanol–water partition coefficient (Wildman–Crippen LogP) is -0.454. The average Bonchev–Trinajstić information content (AvgIpc) is 2.80. The van der Waals surface area contributed by atoms with Crippen LogP contribution in [0.15, 0.2) is 0 Å². The van der Waals surface area contributed by atoms with Crippen LogP contribution in [0.4, 0.5) is 4.79 Å². The Kier molecular flexibility index (Phi) is 4.73. The molecule has 1 fully saturated rings. The number of hydrogen-bond acceptors (Lipinski definition) is 6. The second-order valence-corrected chi connectivity index (χ2v) is 5.69. The fraction of sp³-hybridized carbons (Fsp3) is 0.833. The summed E-state index contributed by atoms with van der Waals surface area (Å²) in [5, 5.41) is 14.4. The number of carbonyl (C=O) groups is 1. The van der Waals surface area contributed by atoms with Gasteiger partial charge in [0.25, 0.3) is 0 Å². The van der Waals surface area contributed by atoms with E-state index in [4.69, 9.17) is 9.47 Å². The SMILES string of the molecule is COCC1CN(C(=O)NCc2nnn(C)n2)CC(C)(C)O1. The molecule has 21 heavy (non-hydrogen) atoms. The van der Waals surface area contributed by atoms with Gasteiger partial charge < -0.3 is 19.7 Å². The molecule has 0 saturated carbocycles. The van der Waals surface area contributed by atoms with Gasteiger partial charge in [0.2, 0.25) is 0 Å². The molecule has 0 bridgehead atoms. The van der Waals surface area contributed by atoms with Gasteiger partial charge in [-0.25, -0.2) is 4.79 Å². The summed E-state index contributed by atoms with van der Waals surface area (Å²) in [6.45, 7) is 5.64. The van der Waals surface area contributed by atoms with Crippen molar-refractivity contribution in [2.24, 2.45) is 7.05 Å². The normalized spacial score (nSPS) is 21.3. The van der Waals surface area contributed by atoms with Crippen molar-refractivity contribution in [2.45, 2.75) is 32.1 Å². The number of rotatable bonds is 4. The number of carbonyl (C=O) groups excluding carboxylic acids is 1. The van der Waals surface area contributed by atoms with E-state index in [1.807, 2.05) is 13.8 Å². The second kappa shape index (κ2) is 6.35. The zero-order chi connectivity index (χ0) is 15.5. The molecule has 0 aliphatic carbocycles. The highest BCUT2D eigenvalue weighted by Crippen LogP contribution is 2.21. The summed E-state index contributed by atoms with van der Waals surface area (Å²) >= 11 is 0. The van der Waals surface area contributed by atoms with Gasteiger partial charge in [0.05, 0.1) is 45.0 Å². The van der Waals surface area contributed by atoms with E-state index in [0.717, 1.165) is 0 Å². The third kappa shape index (κ3) is 4.36. The van der Waals surface area contributed by atoms with Crippen LogP contribution in [0.5, 0.6) is 0 Å². The summed E-state index contributed by atoms with van der Waals surface area (Å²) in [7, 11) is 3.30. The quantitative estimate of drug-likeness (QED) is 0.809. The zero-order valence-corrected chi connectivity index (χ0v) is 12.9. The van der Waals surface area contributed by atoms with E-state index >= 15 is 0 Å². The number of aryl methyl sites for hydroxylation is 1. The Morgan fingerprint density at radius 1 is 1.57 bits per heavy atom. The summed E-state index contributed by atoms with van der Waals surface area (Å²) < 4.78 is 11.0. The van der Waals surface area contributed by atoms with Crippen LogP contribution in [0.25, 0.3) is 0 Å². The summed E-state index contributed by atoms with van der Waals surface area (Å²) in [5.41, 5.74) is -0.399. The third-order valence-electron chi connectivity index (χ3n) is 3.07. The fourth-order valence-electron chi connectivity index (χ4n) is 2.38. The topological polar surface area (TPSA) is 94.4 Å². The van der Waals surface area contributed by atoms with Crippen LogP contribution in [0, 0.1) is 0 Å². The number of ether oxygens (including phenoxy) is 2. The standard InChI is InChI=1S/C12H22N6O3/c1-12(2)8-18(6-9(21-12)7-20-4)11(19)13-5-10-14-16-17(3)15-10/h9H,5-8H2,1-4H3,(H,13,19). The molecule has 1 atom stereocenters. The molecule has 0 aromatic carbocycles. The highest BCUT2D eigenvalue weighted by atomic mass is 16.5. The molecule has 1 aromatic heterocycles. The summed E-state index contributed by atoms with van der Waals surface area (Å²) in [6, 6.07) is -0.167. The van der Waals surface area contributed by atoms with Gasteiger partial charge >= 0.3 is 6.03 Å². The first kappa shape index (κ1) is 15.6. The van der Waals surface area contributed by atoms with Crippen molar-refractivity contribution in [2.75, 3.05) is 26.8 Å². The van der Waals surface area contributed by atoms with E-state index in [2.05, 4.69) is 20.7 Å². The van der Waals surface area contributed by atoms with Gasteiger partial charge in [-0.1, -0.05) is 0 Å². The van der Waals surface area contributed by atoms with Gasteiger partial charge in [0.1, 0.15) is 0 Å². The van der Waals surface area contributed by atoms with Gasteiger partial charge in [-0.2, -0.15) is 4.80 Å². The molecule has 1 aromatic rings. The van der Waals surface area contributed by atoms with Crippen LogP contribution >= 0.6 is 0 Å². The Hall–Kier alpha value is -1.74. The van der Waals surface area contributed by atoms with Crippen molar-refractivity contribution in [3.8, 4) is 0 Å². The molecule has 2 heterocycles. The maximum absolute atomic E-state index is 12.3. The molecule has 2 amide bonds. The molecular formula is C12H22N6O3. The molecule has 1 saturated heterocycles. The Morgan fingerprint density at radius 2 is 2.33 bits per heavy atom. The van der Waals surface area contributed by atoms with Crippen molar-refractivity contribution in [3.63, 3.8) is 0 Å². The minimum absolute atomic E-state index is 0.126. The Bertz CT molecular complexity index is 489. The lowest BCUT2D eigenvalue weighted by molar-refractivity contribution is -0.142. The Labute approximate surface area is 123 Å². The van der Waals surface area contributed by atoms with Gasteiger partial charge in [-0.05, 0) is 19.1 Å². The van der Waals surface area contributed by atoms with Crippen LogP contribution < -0.4 is 5.32 Å². The summed E-state index contributed by atoms with van der Waals surface area (Å²) in [4.78, 5) is 15.3. The lowest BCUT2D eigenvalue weighted by atomic mass is 10.1. The average molecular weight is 298 g/mol. The fourth-order valence-corrected chi connectivity index (χ4v) is 2.38. The highest BCUT2D eigenvalue weighted by molar-refractivity contribution is 5.74. The van der Waals surface area contributed by atoms with E-state index in [1.165, 1.54) is 4.80 Å². The third-order valence-corrected chi connectivity index (χ3v) is 3.07. The molecule has 9 heteroatoms. The first-order chi connectivity index (χ1) is 9.89. The number of nitrogens with one attached hydrogen (secondary N) is 1. The Morgan fingerprint density at radius 3 is 2.95 bits per heavy atom. The number of methoxy groups -OCH3 is 1. The first-order valence-electron chi connectivity index (χ1n) is 6.82. The number of aromatic nitrogens is 4. The van der Waals surface area contributed by atoms with Gasteiger partial charge in [0, 0.05) is 7.11 Å². The lowest BCUT2D eigenvalue weighted by Gasteiger charge is -2.42. The van der Waals surface area contributed by atoms with E-state index in [-0.39, 0.29) is 18.7 Å². The molecule has 1 N–H and O–H groups in total. The molecular weight excluding hydrogens is 276 g/mol. The van der Waals surface area contributed by atoms with Gasteiger partial charge in [-0.3, -0.25) is 0 Å². The van der Waals surface area contributed by atoms with Crippen molar-refractivity contribution >= 4 is 6.03 Å². The molecule has 9 nitrogen and oxygen atoms in total. The van der Waals surface area contributed by atoms with E-state index in [0.29, 0.717) is 25.5 Å². The molecule has 0 spiro atoms. The summed E-state index contributed by atoms with van der Waals surface area (Å²) in [6.07, 6.45) is -0.126. The van der Waals surface area contributed by atoms with E-state index in [1.54, 1.807) is 19.1 Å². The van der Waals surface area contributed by atoms with Crippen LogP contribution in [0.2, 0.25) is 0 Å². The number of hydrogen-bond donors (Lipinski definition) is 1. The first-order valence-corrected chi connectivity index (χ1v) is 6.82. The second-order valence-electron chi connectivity index (χ2n) is 5.69. The Balaban J connectivity index is 1.91. The van der Waals surface area contributed by atoms with Crippen LogP contribution in [-0.4, -0.2) is 69.6 Å². The lowest BCUT2D eigenvalue weighted by Crippen LogP contribution is -2.57. The van der Waals surface area contributed by atoms with Crippen molar-refractivity contribution in [3.05, 3.63) is 5.82 Å².